The Morgan fingerprint density at radius 2 is 1.77 bits per heavy atom. The Kier molecular flexibility index (Phi) is 5.15. The minimum atomic E-state index is -1.80. The van der Waals surface area contributed by atoms with Crippen molar-refractivity contribution in [1.82, 2.24) is 15.1 Å². The maximum absolute atomic E-state index is 13.7. The average molecular weight is 367 g/mol. The Hall–Kier alpha value is -2.97. The zero-order valence-electron chi connectivity index (χ0n) is 13.6. The second-order valence-electron chi connectivity index (χ2n) is 5.40. The van der Waals surface area contributed by atoms with Crippen LogP contribution in [0, 0.1) is 23.5 Å². The highest BCUT2D eigenvalue weighted by molar-refractivity contribution is 5.57. The van der Waals surface area contributed by atoms with Crippen molar-refractivity contribution in [3.63, 3.8) is 0 Å². The van der Waals surface area contributed by atoms with Crippen LogP contribution in [0.15, 0.2) is 28.8 Å². The number of hydrogen-bond acceptors (Lipinski definition) is 5. The third-order valence-corrected chi connectivity index (χ3v) is 3.48. The van der Waals surface area contributed by atoms with Crippen LogP contribution in [0.4, 0.5) is 17.6 Å². The third kappa shape index (κ3) is 3.66. The fourth-order valence-electron chi connectivity index (χ4n) is 2.18. The molecule has 26 heavy (non-hydrogen) atoms. The lowest BCUT2D eigenvalue weighted by atomic mass is 10.2. The van der Waals surface area contributed by atoms with Crippen LogP contribution in [0.25, 0.3) is 11.4 Å². The Morgan fingerprint density at radius 1 is 1.04 bits per heavy atom. The average Bonchev–Trinajstić information content (AvgIpc) is 3.11. The van der Waals surface area contributed by atoms with Crippen molar-refractivity contribution in [2.24, 2.45) is 0 Å². The molecule has 0 atom stereocenters. The minimum Gasteiger partial charge on any atom is -0.451 e. The SMILES string of the molecule is CCCCc1nc(-c2cccc(Oc3c(F)c(F)nc(F)c3F)c2)no1. The highest BCUT2D eigenvalue weighted by Crippen LogP contribution is 2.31. The van der Waals surface area contributed by atoms with Gasteiger partial charge in [0.1, 0.15) is 5.75 Å². The molecule has 136 valence electrons. The third-order valence-electron chi connectivity index (χ3n) is 3.48. The molecule has 0 aliphatic carbocycles. The lowest BCUT2D eigenvalue weighted by Crippen LogP contribution is -2.03. The van der Waals surface area contributed by atoms with Crippen molar-refractivity contribution < 1.29 is 26.8 Å². The summed E-state index contributed by atoms with van der Waals surface area (Å²) in [5, 5.41) is 3.83. The van der Waals surface area contributed by atoms with Crippen molar-refractivity contribution >= 4 is 0 Å². The van der Waals surface area contributed by atoms with E-state index in [0.717, 1.165) is 12.8 Å². The van der Waals surface area contributed by atoms with E-state index >= 15 is 0 Å². The smallest absolute Gasteiger partial charge is 0.255 e. The van der Waals surface area contributed by atoms with Gasteiger partial charge in [-0.2, -0.15) is 27.5 Å². The standard InChI is InChI=1S/C17H13F4N3O2/c1-2-3-7-11-22-17(24-26-11)9-5-4-6-10(8-9)25-14-12(18)15(20)23-16(21)13(14)19/h4-6,8H,2-3,7H2,1H3. The topological polar surface area (TPSA) is 61.0 Å². The summed E-state index contributed by atoms with van der Waals surface area (Å²) in [6.45, 7) is 2.03. The van der Waals surface area contributed by atoms with E-state index in [-0.39, 0.29) is 11.6 Å². The highest BCUT2D eigenvalue weighted by atomic mass is 19.2. The molecule has 0 bridgehead atoms. The summed E-state index contributed by atoms with van der Waals surface area (Å²) in [6, 6.07) is 5.86. The Bertz CT molecular complexity index is 904. The number of pyridine rings is 1. The predicted octanol–water partition coefficient (Wildman–Crippen LogP) is 4.82. The molecule has 0 aliphatic heterocycles. The molecule has 5 nitrogen and oxygen atoms in total. The van der Waals surface area contributed by atoms with Gasteiger partial charge in [-0.15, -0.1) is 0 Å². The van der Waals surface area contributed by atoms with Gasteiger partial charge in [-0.1, -0.05) is 30.6 Å². The quantitative estimate of drug-likeness (QED) is 0.462. The molecule has 3 rings (SSSR count). The van der Waals surface area contributed by atoms with Crippen LogP contribution in [-0.4, -0.2) is 15.1 Å². The maximum Gasteiger partial charge on any atom is 0.255 e. The van der Waals surface area contributed by atoms with E-state index in [4.69, 9.17) is 9.26 Å². The molecule has 0 aliphatic rings. The van der Waals surface area contributed by atoms with Crippen molar-refractivity contribution in [2.45, 2.75) is 26.2 Å². The number of benzene rings is 1. The largest absolute Gasteiger partial charge is 0.451 e. The van der Waals surface area contributed by atoms with E-state index in [1.807, 2.05) is 6.92 Å². The van der Waals surface area contributed by atoms with E-state index in [2.05, 4.69) is 15.1 Å². The summed E-state index contributed by atoms with van der Waals surface area (Å²) in [7, 11) is 0. The molecular weight excluding hydrogens is 354 g/mol. The van der Waals surface area contributed by atoms with Gasteiger partial charge in [-0.25, -0.2) is 0 Å². The first-order valence-corrected chi connectivity index (χ1v) is 7.80. The normalized spacial score (nSPS) is 11.0. The molecule has 2 aromatic heterocycles. The molecule has 0 radical (unpaired) electrons. The summed E-state index contributed by atoms with van der Waals surface area (Å²) >= 11 is 0. The number of unbranched alkanes of at least 4 members (excludes halogenated alkanes) is 1. The number of nitrogens with zero attached hydrogens (tertiary/aromatic N) is 3. The zero-order valence-corrected chi connectivity index (χ0v) is 13.6. The van der Waals surface area contributed by atoms with E-state index < -0.39 is 29.3 Å². The lowest BCUT2D eigenvalue weighted by molar-refractivity contribution is 0.343. The van der Waals surface area contributed by atoms with Gasteiger partial charge in [0, 0.05) is 12.0 Å². The molecule has 1 aromatic carbocycles. The van der Waals surface area contributed by atoms with Gasteiger partial charge >= 0.3 is 0 Å². The zero-order chi connectivity index (χ0) is 18.7. The fraction of sp³-hybridized carbons (Fsp3) is 0.235. The molecule has 0 fully saturated rings. The van der Waals surface area contributed by atoms with Crippen LogP contribution >= 0.6 is 0 Å². The summed E-state index contributed by atoms with van der Waals surface area (Å²) in [5.41, 5.74) is 0.449. The first-order valence-electron chi connectivity index (χ1n) is 7.80. The lowest BCUT2D eigenvalue weighted by Gasteiger charge is -2.09. The number of aromatic nitrogens is 3. The number of rotatable bonds is 6. The van der Waals surface area contributed by atoms with E-state index in [9.17, 15) is 17.6 Å². The predicted molar refractivity (Wildman–Crippen MR) is 82.5 cm³/mol. The van der Waals surface area contributed by atoms with Crippen molar-refractivity contribution in [3.8, 4) is 22.9 Å². The van der Waals surface area contributed by atoms with Gasteiger partial charge in [0.25, 0.3) is 11.9 Å². The number of hydrogen-bond donors (Lipinski definition) is 0. The molecule has 0 saturated carbocycles. The van der Waals surface area contributed by atoms with E-state index in [1.165, 1.54) is 18.2 Å². The molecule has 0 saturated heterocycles. The summed E-state index contributed by atoms with van der Waals surface area (Å²) in [5.74, 6) is -7.61. The Balaban J connectivity index is 1.88. The van der Waals surface area contributed by atoms with Gasteiger partial charge in [0.05, 0.1) is 0 Å². The van der Waals surface area contributed by atoms with Crippen LogP contribution in [0.5, 0.6) is 11.5 Å². The summed E-state index contributed by atoms with van der Waals surface area (Å²) in [4.78, 5) is 6.69. The molecular formula is C17H13F4N3O2. The number of ether oxygens (including phenoxy) is 1. The summed E-state index contributed by atoms with van der Waals surface area (Å²) in [6.07, 6.45) is 2.49. The van der Waals surface area contributed by atoms with Gasteiger partial charge in [0.2, 0.25) is 29.1 Å². The second kappa shape index (κ2) is 7.51. The van der Waals surface area contributed by atoms with Gasteiger partial charge in [0.15, 0.2) is 0 Å². The van der Waals surface area contributed by atoms with Crippen LogP contribution in [-0.2, 0) is 6.42 Å². The van der Waals surface area contributed by atoms with Crippen LogP contribution in [0.2, 0.25) is 0 Å². The van der Waals surface area contributed by atoms with Crippen LogP contribution < -0.4 is 4.74 Å². The number of halogens is 4. The highest BCUT2D eigenvalue weighted by Gasteiger charge is 2.23. The van der Waals surface area contributed by atoms with Crippen molar-refractivity contribution in [1.29, 1.82) is 0 Å². The molecule has 2 heterocycles. The second-order valence-corrected chi connectivity index (χ2v) is 5.40. The summed E-state index contributed by atoms with van der Waals surface area (Å²) < 4.78 is 63.8. The number of aryl methyl sites for hydroxylation is 1. The molecule has 0 amide bonds. The van der Waals surface area contributed by atoms with E-state index in [1.54, 1.807) is 6.07 Å². The monoisotopic (exact) mass is 367 g/mol. The van der Waals surface area contributed by atoms with Gasteiger partial charge < -0.3 is 9.26 Å². The van der Waals surface area contributed by atoms with E-state index in [0.29, 0.717) is 17.9 Å². The molecule has 0 N–H and O–H groups in total. The van der Waals surface area contributed by atoms with Crippen molar-refractivity contribution in [2.75, 3.05) is 0 Å². The van der Waals surface area contributed by atoms with Gasteiger partial charge in [-0.3, -0.25) is 0 Å². The Labute approximate surface area is 145 Å². The van der Waals surface area contributed by atoms with Crippen LogP contribution in [0.1, 0.15) is 25.7 Å². The fourth-order valence-corrected chi connectivity index (χ4v) is 2.18. The Morgan fingerprint density at radius 3 is 2.46 bits per heavy atom. The minimum absolute atomic E-state index is 0.0646. The molecule has 0 unspecified atom stereocenters. The van der Waals surface area contributed by atoms with Crippen molar-refractivity contribution in [3.05, 3.63) is 53.7 Å². The molecule has 0 spiro atoms. The van der Waals surface area contributed by atoms with Crippen LogP contribution in [0.3, 0.4) is 0 Å². The first kappa shape index (κ1) is 17.8. The molecule has 9 heteroatoms. The molecule has 3 aromatic rings. The first-order chi connectivity index (χ1) is 12.5. The van der Waals surface area contributed by atoms with Gasteiger partial charge in [-0.05, 0) is 18.6 Å². The maximum atomic E-state index is 13.7.